The van der Waals surface area contributed by atoms with Gasteiger partial charge in [0.15, 0.2) is 5.82 Å². The standard InChI is InChI=1S/C17H11N5S/c1-4-12(10-18-6-1)17-22-11-14(23-17)13-5-2-7-19-15(13)16-20-8-3-9-21-16/h1-11H. The topological polar surface area (TPSA) is 64.5 Å². The van der Waals surface area contributed by atoms with Gasteiger partial charge in [0.05, 0.1) is 4.88 Å². The predicted octanol–water partition coefficient (Wildman–Crippen LogP) is 3.72. The van der Waals surface area contributed by atoms with E-state index in [9.17, 15) is 0 Å². The molecule has 110 valence electrons. The molecule has 23 heavy (non-hydrogen) atoms. The fraction of sp³-hybridized carbons (Fsp3) is 0. The molecule has 0 saturated heterocycles. The van der Waals surface area contributed by atoms with E-state index in [1.165, 1.54) is 0 Å². The molecular weight excluding hydrogens is 306 g/mol. The summed E-state index contributed by atoms with van der Waals surface area (Å²) in [6.07, 6.45) is 10.6. The molecule has 0 radical (unpaired) electrons. The van der Waals surface area contributed by atoms with Crippen LogP contribution >= 0.6 is 11.3 Å². The molecule has 4 rings (SSSR count). The summed E-state index contributed by atoms with van der Waals surface area (Å²) < 4.78 is 0. The first-order chi connectivity index (χ1) is 11.4. The molecule has 0 atom stereocenters. The fourth-order valence-corrected chi connectivity index (χ4v) is 3.16. The maximum absolute atomic E-state index is 4.51. The molecule has 0 aliphatic rings. The molecule has 5 nitrogen and oxygen atoms in total. The lowest BCUT2D eigenvalue weighted by Gasteiger charge is -2.04. The van der Waals surface area contributed by atoms with Gasteiger partial charge >= 0.3 is 0 Å². The average Bonchev–Trinajstić information content (AvgIpc) is 3.13. The summed E-state index contributed by atoms with van der Waals surface area (Å²) in [5.74, 6) is 0.611. The number of hydrogen-bond donors (Lipinski definition) is 0. The highest BCUT2D eigenvalue weighted by atomic mass is 32.1. The summed E-state index contributed by atoms with van der Waals surface area (Å²) in [5.41, 5.74) is 2.74. The summed E-state index contributed by atoms with van der Waals surface area (Å²) in [7, 11) is 0. The molecule has 0 bridgehead atoms. The van der Waals surface area contributed by atoms with Gasteiger partial charge in [-0.05, 0) is 30.3 Å². The smallest absolute Gasteiger partial charge is 0.178 e. The van der Waals surface area contributed by atoms with Crippen LogP contribution in [-0.2, 0) is 0 Å². The van der Waals surface area contributed by atoms with Crippen molar-refractivity contribution in [3.05, 3.63) is 67.5 Å². The molecule has 0 fully saturated rings. The van der Waals surface area contributed by atoms with Crippen molar-refractivity contribution in [3.8, 4) is 32.5 Å². The van der Waals surface area contributed by atoms with Crippen LogP contribution in [-0.4, -0.2) is 24.9 Å². The van der Waals surface area contributed by atoms with Gasteiger partial charge < -0.3 is 0 Å². The summed E-state index contributed by atoms with van der Waals surface area (Å²) >= 11 is 1.60. The molecule has 4 aromatic heterocycles. The third kappa shape index (κ3) is 2.72. The van der Waals surface area contributed by atoms with E-state index >= 15 is 0 Å². The zero-order valence-electron chi connectivity index (χ0n) is 12.0. The first-order valence-corrected chi connectivity index (χ1v) is 7.82. The highest BCUT2D eigenvalue weighted by molar-refractivity contribution is 7.18. The second-order valence-corrected chi connectivity index (χ2v) is 5.77. The summed E-state index contributed by atoms with van der Waals surface area (Å²) in [5, 5.41) is 0.928. The second kappa shape index (κ2) is 6.02. The van der Waals surface area contributed by atoms with Gasteiger partial charge in [-0.3, -0.25) is 9.97 Å². The van der Waals surface area contributed by atoms with Crippen LogP contribution in [0.2, 0.25) is 0 Å². The monoisotopic (exact) mass is 317 g/mol. The molecule has 0 aromatic carbocycles. The third-order valence-corrected chi connectivity index (χ3v) is 4.34. The van der Waals surface area contributed by atoms with E-state index in [4.69, 9.17) is 0 Å². The number of pyridine rings is 2. The van der Waals surface area contributed by atoms with Crippen LogP contribution in [0.3, 0.4) is 0 Å². The maximum atomic E-state index is 4.51. The van der Waals surface area contributed by atoms with Gasteiger partial charge in [0.1, 0.15) is 10.7 Å². The Morgan fingerprint density at radius 3 is 2.39 bits per heavy atom. The van der Waals surface area contributed by atoms with Crippen LogP contribution in [0.1, 0.15) is 0 Å². The second-order valence-electron chi connectivity index (χ2n) is 4.74. The van der Waals surface area contributed by atoms with Crippen molar-refractivity contribution in [2.45, 2.75) is 0 Å². The SMILES string of the molecule is c1cnc(-c2ncccc2-c2cnc(-c3cccnc3)s2)nc1. The van der Waals surface area contributed by atoms with Gasteiger partial charge in [-0.25, -0.2) is 15.0 Å². The van der Waals surface area contributed by atoms with Gasteiger partial charge in [0.2, 0.25) is 0 Å². The fourth-order valence-electron chi connectivity index (χ4n) is 2.23. The minimum Gasteiger partial charge on any atom is -0.264 e. The highest BCUT2D eigenvalue weighted by Crippen LogP contribution is 2.35. The lowest BCUT2D eigenvalue weighted by molar-refractivity contribution is 1.14. The zero-order valence-corrected chi connectivity index (χ0v) is 12.8. The van der Waals surface area contributed by atoms with E-state index in [0.717, 1.165) is 26.7 Å². The van der Waals surface area contributed by atoms with Gasteiger partial charge in [0, 0.05) is 48.3 Å². The normalized spacial score (nSPS) is 10.6. The van der Waals surface area contributed by atoms with Crippen LogP contribution in [0.25, 0.3) is 32.5 Å². The predicted molar refractivity (Wildman–Crippen MR) is 89.6 cm³/mol. The van der Waals surface area contributed by atoms with Crippen molar-refractivity contribution in [3.63, 3.8) is 0 Å². The van der Waals surface area contributed by atoms with Crippen LogP contribution in [0, 0.1) is 0 Å². The van der Waals surface area contributed by atoms with Crippen molar-refractivity contribution < 1.29 is 0 Å². The average molecular weight is 317 g/mol. The Hall–Kier alpha value is -2.99. The largest absolute Gasteiger partial charge is 0.264 e. The minimum atomic E-state index is 0.611. The van der Waals surface area contributed by atoms with E-state index in [-0.39, 0.29) is 0 Å². The third-order valence-electron chi connectivity index (χ3n) is 3.26. The molecule has 0 spiro atoms. The Bertz CT molecular complexity index is 922. The highest BCUT2D eigenvalue weighted by Gasteiger charge is 2.14. The maximum Gasteiger partial charge on any atom is 0.178 e. The number of hydrogen-bond acceptors (Lipinski definition) is 6. The number of nitrogens with zero attached hydrogens (tertiary/aromatic N) is 5. The molecule has 0 unspecified atom stereocenters. The summed E-state index contributed by atoms with van der Waals surface area (Å²) in [6.45, 7) is 0. The van der Waals surface area contributed by atoms with Crippen molar-refractivity contribution in [2.75, 3.05) is 0 Å². The van der Waals surface area contributed by atoms with Crippen LogP contribution in [0.5, 0.6) is 0 Å². The molecule has 0 saturated carbocycles. The van der Waals surface area contributed by atoms with Gasteiger partial charge in [0.25, 0.3) is 0 Å². The Kier molecular flexibility index (Phi) is 3.57. The lowest BCUT2D eigenvalue weighted by Crippen LogP contribution is -1.92. The molecule has 4 heterocycles. The van der Waals surface area contributed by atoms with Crippen LogP contribution < -0.4 is 0 Å². The van der Waals surface area contributed by atoms with Crippen molar-refractivity contribution in [1.29, 1.82) is 0 Å². The summed E-state index contributed by atoms with van der Waals surface area (Å²) in [4.78, 5) is 22.7. The van der Waals surface area contributed by atoms with E-state index in [2.05, 4.69) is 24.9 Å². The van der Waals surface area contributed by atoms with Gasteiger partial charge in [-0.15, -0.1) is 11.3 Å². The molecule has 0 aliphatic carbocycles. The van der Waals surface area contributed by atoms with E-state index < -0.39 is 0 Å². The van der Waals surface area contributed by atoms with Crippen LogP contribution in [0.4, 0.5) is 0 Å². The van der Waals surface area contributed by atoms with Crippen molar-refractivity contribution in [1.82, 2.24) is 24.9 Å². The van der Waals surface area contributed by atoms with E-state index in [0.29, 0.717) is 5.82 Å². The Morgan fingerprint density at radius 2 is 1.57 bits per heavy atom. The van der Waals surface area contributed by atoms with Gasteiger partial charge in [-0.2, -0.15) is 0 Å². The molecule has 4 aromatic rings. The lowest BCUT2D eigenvalue weighted by atomic mass is 10.1. The zero-order chi connectivity index (χ0) is 15.5. The van der Waals surface area contributed by atoms with E-state index in [1.807, 2.05) is 36.7 Å². The Morgan fingerprint density at radius 1 is 0.739 bits per heavy atom. The molecule has 0 N–H and O–H groups in total. The number of aromatic nitrogens is 5. The van der Waals surface area contributed by atoms with E-state index in [1.54, 1.807) is 42.2 Å². The molecule has 0 amide bonds. The summed E-state index contributed by atoms with van der Waals surface area (Å²) in [6, 6.07) is 9.62. The Balaban J connectivity index is 1.79. The van der Waals surface area contributed by atoms with Crippen LogP contribution in [0.15, 0.2) is 67.5 Å². The van der Waals surface area contributed by atoms with Crippen molar-refractivity contribution in [2.24, 2.45) is 0 Å². The number of thiazole rings is 1. The van der Waals surface area contributed by atoms with Crippen molar-refractivity contribution >= 4 is 11.3 Å². The van der Waals surface area contributed by atoms with Gasteiger partial charge in [-0.1, -0.05) is 0 Å². The molecular formula is C17H11N5S. The quantitative estimate of drug-likeness (QED) is 0.576. The number of rotatable bonds is 3. The molecule has 6 heteroatoms. The Labute approximate surface area is 136 Å². The molecule has 0 aliphatic heterocycles. The first-order valence-electron chi connectivity index (χ1n) is 7.01. The minimum absolute atomic E-state index is 0.611. The first kappa shape index (κ1) is 13.7.